The molecule has 0 fully saturated rings. The van der Waals surface area contributed by atoms with Crippen LogP contribution in [0.3, 0.4) is 0 Å². The molecule has 0 saturated heterocycles. The highest BCUT2D eigenvalue weighted by Gasteiger charge is 2.17. The first kappa shape index (κ1) is 15.1. The van der Waals surface area contributed by atoms with E-state index in [1.54, 1.807) is 26.5 Å². The highest BCUT2D eigenvalue weighted by Crippen LogP contribution is 2.34. The summed E-state index contributed by atoms with van der Waals surface area (Å²) in [6.45, 7) is 4.15. The number of hydrogen-bond acceptors (Lipinski definition) is 4. The van der Waals surface area contributed by atoms with Gasteiger partial charge < -0.3 is 9.47 Å². The summed E-state index contributed by atoms with van der Waals surface area (Å²) in [5.41, 5.74) is 1.96. The standard InChI is InChI=1S/C16H20N2O3/c1-5-11(2)18-9-12(10-19)16(17-18)14-7-6-13(20-3)8-15(14)21-4/h6-11H,5H2,1-4H3. The lowest BCUT2D eigenvalue weighted by atomic mass is 10.1. The second-order valence-electron chi connectivity index (χ2n) is 4.85. The van der Waals surface area contributed by atoms with Crippen LogP contribution in [0, 0.1) is 0 Å². The second-order valence-corrected chi connectivity index (χ2v) is 4.85. The maximum atomic E-state index is 11.3. The Labute approximate surface area is 124 Å². The Balaban J connectivity index is 2.55. The number of hydrogen-bond donors (Lipinski definition) is 0. The van der Waals surface area contributed by atoms with Crippen LogP contribution in [0.1, 0.15) is 36.7 Å². The van der Waals surface area contributed by atoms with Crippen molar-refractivity contribution in [2.24, 2.45) is 0 Å². The van der Waals surface area contributed by atoms with Gasteiger partial charge in [0, 0.05) is 23.9 Å². The second kappa shape index (κ2) is 6.43. The monoisotopic (exact) mass is 288 g/mol. The summed E-state index contributed by atoms with van der Waals surface area (Å²) in [6, 6.07) is 5.70. The van der Waals surface area contributed by atoms with E-state index in [-0.39, 0.29) is 6.04 Å². The number of carbonyl (C=O) groups excluding carboxylic acids is 1. The third-order valence-corrected chi connectivity index (χ3v) is 3.59. The normalized spacial score (nSPS) is 12.0. The molecule has 0 aliphatic carbocycles. The molecule has 0 amide bonds. The van der Waals surface area contributed by atoms with E-state index in [1.807, 2.05) is 16.8 Å². The third kappa shape index (κ3) is 2.91. The lowest BCUT2D eigenvalue weighted by Crippen LogP contribution is -2.04. The van der Waals surface area contributed by atoms with Gasteiger partial charge in [0.1, 0.15) is 17.2 Å². The molecule has 1 aromatic carbocycles. The van der Waals surface area contributed by atoms with Crippen LogP contribution in [-0.4, -0.2) is 30.3 Å². The summed E-state index contributed by atoms with van der Waals surface area (Å²) in [6.07, 6.45) is 3.55. The largest absolute Gasteiger partial charge is 0.497 e. The molecule has 0 aliphatic rings. The number of aromatic nitrogens is 2. The van der Waals surface area contributed by atoms with E-state index in [2.05, 4.69) is 18.9 Å². The van der Waals surface area contributed by atoms with Crippen molar-refractivity contribution in [1.82, 2.24) is 9.78 Å². The maximum Gasteiger partial charge on any atom is 0.153 e. The maximum absolute atomic E-state index is 11.3. The van der Waals surface area contributed by atoms with Crippen LogP contribution in [0.2, 0.25) is 0 Å². The molecule has 1 unspecified atom stereocenters. The molecular formula is C16H20N2O3. The van der Waals surface area contributed by atoms with Crippen molar-refractivity contribution in [3.63, 3.8) is 0 Å². The van der Waals surface area contributed by atoms with Crippen molar-refractivity contribution in [3.8, 4) is 22.8 Å². The highest BCUT2D eigenvalue weighted by atomic mass is 16.5. The van der Waals surface area contributed by atoms with Gasteiger partial charge >= 0.3 is 0 Å². The number of carbonyl (C=O) groups is 1. The number of nitrogens with zero attached hydrogens (tertiary/aromatic N) is 2. The average molecular weight is 288 g/mol. The van der Waals surface area contributed by atoms with Crippen molar-refractivity contribution in [2.75, 3.05) is 14.2 Å². The van der Waals surface area contributed by atoms with Gasteiger partial charge in [-0.3, -0.25) is 9.48 Å². The Bertz CT molecular complexity index is 634. The fourth-order valence-corrected chi connectivity index (χ4v) is 2.11. The van der Waals surface area contributed by atoms with Crippen LogP contribution in [-0.2, 0) is 0 Å². The van der Waals surface area contributed by atoms with E-state index in [1.165, 1.54) is 0 Å². The quantitative estimate of drug-likeness (QED) is 0.765. The lowest BCUT2D eigenvalue weighted by molar-refractivity contribution is 0.112. The van der Waals surface area contributed by atoms with Crippen LogP contribution in [0.15, 0.2) is 24.4 Å². The number of ether oxygens (including phenoxy) is 2. The minimum absolute atomic E-state index is 0.238. The first-order valence-corrected chi connectivity index (χ1v) is 6.91. The molecule has 1 atom stereocenters. The van der Waals surface area contributed by atoms with Crippen LogP contribution in [0.25, 0.3) is 11.3 Å². The van der Waals surface area contributed by atoms with E-state index in [9.17, 15) is 4.79 Å². The zero-order valence-electron chi connectivity index (χ0n) is 12.8. The van der Waals surface area contributed by atoms with E-state index in [0.29, 0.717) is 22.8 Å². The smallest absolute Gasteiger partial charge is 0.153 e. The van der Waals surface area contributed by atoms with Crippen LogP contribution in [0.5, 0.6) is 11.5 Å². The summed E-state index contributed by atoms with van der Waals surface area (Å²) in [5.74, 6) is 1.33. The molecule has 0 aliphatic heterocycles. The molecule has 21 heavy (non-hydrogen) atoms. The molecule has 0 radical (unpaired) electrons. The summed E-state index contributed by atoms with van der Waals surface area (Å²) >= 11 is 0. The predicted octanol–water partition coefficient (Wildman–Crippen LogP) is 3.35. The Morgan fingerprint density at radius 1 is 1.33 bits per heavy atom. The summed E-state index contributed by atoms with van der Waals surface area (Å²) in [7, 11) is 3.19. The van der Waals surface area contributed by atoms with Gasteiger partial charge in [-0.05, 0) is 25.5 Å². The first-order chi connectivity index (χ1) is 10.1. The molecule has 0 saturated carbocycles. The number of methoxy groups -OCH3 is 2. The van der Waals surface area contributed by atoms with Gasteiger partial charge in [0.15, 0.2) is 6.29 Å². The van der Waals surface area contributed by atoms with Crippen molar-refractivity contribution in [1.29, 1.82) is 0 Å². The highest BCUT2D eigenvalue weighted by molar-refractivity contribution is 5.87. The van der Waals surface area contributed by atoms with Gasteiger partial charge in [-0.15, -0.1) is 0 Å². The number of rotatable bonds is 6. The molecule has 1 aromatic heterocycles. The first-order valence-electron chi connectivity index (χ1n) is 6.91. The summed E-state index contributed by atoms with van der Waals surface area (Å²) in [4.78, 5) is 11.3. The summed E-state index contributed by atoms with van der Waals surface area (Å²) < 4.78 is 12.4. The van der Waals surface area contributed by atoms with Crippen molar-refractivity contribution >= 4 is 6.29 Å². The van der Waals surface area contributed by atoms with Crippen LogP contribution >= 0.6 is 0 Å². The molecule has 0 N–H and O–H groups in total. The van der Waals surface area contributed by atoms with Crippen molar-refractivity contribution in [3.05, 3.63) is 30.0 Å². The zero-order valence-corrected chi connectivity index (χ0v) is 12.8. The average Bonchev–Trinajstić information content (AvgIpc) is 2.97. The van der Waals surface area contributed by atoms with Crippen molar-refractivity contribution in [2.45, 2.75) is 26.3 Å². The SMILES string of the molecule is CCC(C)n1cc(C=O)c(-c2ccc(OC)cc2OC)n1. The minimum Gasteiger partial charge on any atom is -0.497 e. The Morgan fingerprint density at radius 3 is 2.67 bits per heavy atom. The fraction of sp³-hybridized carbons (Fsp3) is 0.375. The fourth-order valence-electron chi connectivity index (χ4n) is 2.11. The Hall–Kier alpha value is -2.30. The van der Waals surface area contributed by atoms with Gasteiger partial charge in [-0.2, -0.15) is 5.10 Å². The molecule has 2 aromatic rings. The van der Waals surface area contributed by atoms with Gasteiger partial charge in [-0.25, -0.2) is 0 Å². The van der Waals surface area contributed by atoms with Gasteiger partial charge in [-0.1, -0.05) is 6.92 Å². The molecule has 1 heterocycles. The predicted molar refractivity (Wildman–Crippen MR) is 81.2 cm³/mol. The Kier molecular flexibility index (Phi) is 4.62. The summed E-state index contributed by atoms with van der Waals surface area (Å²) in [5, 5.41) is 4.55. The van der Waals surface area contributed by atoms with E-state index >= 15 is 0 Å². The molecule has 2 rings (SSSR count). The van der Waals surface area contributed by atoms with Crippen LogP contribution in [0.4, 0.5) is 0 Å². The molecular weight excluding hydrogens is 268 g/mol. The van der Waals surface area contributed by atoms with E-state index < -0.39 is 0 Å². The zero-order chi connectivity index (χ0) is 15.4. The molecule has 112 valence electrons. The molecule has 0 spiro atoms. The Morgan fingerprint density at radius 2 is 2.10 bits per heavy atom. The van der Waals surface area contributed by atoms with Crippen molar-refractivity contribution < 1.29 is 14.3 Å². The lowest BCUT2D eigenvalue weighted by Gasteiger charge is -2.10. The minimum atomic E-state index is 0.238. The van der Waals surface area contributed by atoms with Gasteiger partial charge in [0.2, 0.25) is 0 Å². The van der Waals surface area contributed by atoms with Gasteiger partial charge in [0.25, 0.3) is 0 Å². The van der Waals surface area contributed by atoms with E-state index in [0.717, 1.165) is 18.3 Å². The third-order valence-electron chi connectivity index (χ3n) is 3.59. The molecule has 5 heteroatoms. The molecule has 5 nitrogen and oxygen atoms in total. The van der Waals surface area contributed by atoms with Gasteiger partial charge in [0.05, 0.1) is 19.8 Å². The number of benzene rings is 1. The number of aldehydes is 1. The molecule has 0 bridgehead atoms. The van der Waals surface area contributed by atoms with Crippen LogP contribution < -0.4 is 9.47 Å². The topological polar surface area (TPSA) is 53.4 Å². The van der Waals surface area contributed by atoms with E-state index in [4.69, 9.17) is 9.47 Å².